The van der Waals surface area contributed by atoms with Crippen molar-refractivity contribution >= 4 is 0 Å². The zero-order valence-corrected chi connectivity index (χ0v) is 9.74. The summed E-state index contributed by atoms with van der Waals surface area (Å²) < 4.78 is 1.76. The van der Waals surface area contributed by atoms with Crippen molar-refractivity contribution in [3.63, 3.8) is 0 Å². The molecule has 1 aliphatic rings. The molecule has 3 rings (SSSR count). The Labute approximate surface area is 99.9 Å². The van der Waals surface area contributed by atoms with Crippen LogP contribution in [0.15, 0.2) is 36.5 Å². The van der Waals surface area contributed by atoms with Gasteiger partial charge in [0.15, 0.2) is 0 Å². The predicted octanol–water partition coefficient (Wildman–Crippen LogP) is 1.68. The van der Waals surface area contributed by atoms with Crippen LogP contribution in [0, 0.1) is 0 Å². The van der Waals surface area contributed by atoms with Gasteiger partial charge in [-0.15, -0.1) is 5.10 Å². The molecule has 1 N–H and O–H groups in total. The molecule has 4 heteroatoms. The quantitative estimate of drug-likeness (QED) is 0.871. The molecular weight excluding hydrogens is 214 g/mol. The monoisotopic (exact) mass is 229 g/mol. The van der Waals surface area contributed by atoms with Crippen LogP contribution in [0.4, 0.5) is 0 Å². The van der Waals surface area contributed by atoms with Crippen LogP contribution in [0.1, 0.15) is 25.5 Å². The molecule has 1 saturated carbocycles. The first-order valence-corrected chi connectivity index (χ1v) is 5.89. The molecule has 0 radical (unpaired) electrons. The molecule has 1 aliphatic carbocycles. The average molecular weight is 229 g/mol. The van der Waals surface area contributed by atoms with Crippen LogP contribution in [0.2, 0.25) is 0 Å². The third-order valence-corrected chi connectivity index (χ3v) is 3.61. The van der Waals surface area contributed by atoms with E-state index < -0.39 is 0 Å². The summed E-state index contributed by atoms with van der Waals surface area (Å²) in [6, 6.07) is 9.89. The minimum atomic E-state index is -0.358. The molecule has 2 aromatic rings. The molecule has 0 amide bonds. The number of aromatic nitrogens is 3. The summed E-state index contributed by atoms with van der Waals surface area (Å²) in [6.45, 7) is 1.83. The number of hydrogen-bond donors (Lipinski definition) is 1. The molecule has 88 valence electrons. The first kappa shape index (κ1) is 10.5. The van der Waals surface area contributed by atoms with Gasteiger partial charge in [0.1, 0.15) is 0 Å². The van der Waals surface area contributed by atoms with Crippen LogP contribution in [0.3, 0.4) is 0 Å². The van der Waals surface area contributed by atoms with Crippen molar-refractivity contribution in [2.75, 3.05) is 0 Å². The van der Waals surface area contributed by atoms with E-state index in [1.807, 2.05) is 43.5 Å². The predicted molar refractivity (Wildman–Crippen MR) is 64.0 cm³/mol. The summed E-state index contributed by atoms with van der Waals surface area (Å²) in [4.78, 5) is 0. The molecule has 0 bridgehead atoms. The summed E-state index contributed by atoms with van der Waals surface area (Å²) in [6.07, 6.45) is 3.56. The summed E-state index contributed by atoms with van der Waals surface area (Å²) in [5.74, 6) is 0. The van der Waals surface area contributed by atoms with Crippen molar-refractivity contribution in [2.24, 2.45) is 0 Å². The molecular formula is C13H15N3O. The van der Waals surface area contributed by atoms with E-state index in [1.165, 1.54) is 0 Å². The van der Waals surface area contributed by atoms with Gasteiger partial charge in [0, 0.05) is 5.41 Å². The van der Waals surface area contributed by atoms with Gasteiger partial charge in [-0.1, -0.05) is 23.4 Å². The van der Waals surface area contributed by atoms with Crippen LogP contribution in [0.25, 0.3) is 5.69 Å². The van der Waals surface area contributed by atoms with E-state index in [2.05, 4.69) is 10.3 Å². The van der Waals surface area contributed by atoms with E-state index in [-0.39, 0.29) is 11.5 Å². The lowest BCUT2D eigenvalue weighted by Gasteiger charge is -2.14. The van der Waals surface area contributed by atoms with E-state index >= 15 is 0 Å². The first-order valence-electron chi connectivity index (χ1n) is 5.89. The number of benzene rings is 1. The van der Waals surface area contributed by atoms with Crippen LogP contribution < -0.4 is 0 Å². The summed E-state index contributed by atoms with van der Waals surface area (Å²) in [7, 11) is 0. The van der Waals surface area contributed by atoms with Crippen molar-refractivity contribution in [1.82, 2.24) is 15.0 Å². The summed E-state index contributed by atoms with van der Waals surface area (Å²) >= 11 is 0. The fraction of sp³-hybridized carbons (Fsp3) is 0.385. The molecule has 0 saturated heterocycles. The number of nitrogens with zero attached hydrogens (tertiary/aromatic N) is 3. The Morgan fingerprint density at radius 1 is 1.29 bits per heavy atom. The van der Waals surface area contributed by atoms with Crippen molar-refractivity contribution in [3.8, 4) is 5.69 Å². The van der Waals surface area contributed by atoms with Crippen molar-refractivity contribution in [3.05, 3.63) is 42.2 Å². The number of rotatable bonds is 3. The standard InChI is InChI=1S/C13H15N3O/c1-10(17)13(7-8-13)12-9-16(15-14-12)11-5-3-2-4-6-11/h2-6,9-10,17H,7-8H2,1H3. The third-order valence-electron chi connectivity index (χ3n) is 3.61. The first-order chi connectivity index (χ1) is 8.22. The molecule has 1 fully saturated rings. The van der Waals surface area contributed by atoms with Gasteiger partial charge in [-0.05, 0) is 31.9 Å². The van der Waals surface area contributed by atoms with Gasteiger partial charge in [0.2, 0.25) is 0 Å². The molecule has 0 aliphatic heterocycles. The van der Waals surface area contributed by atoms with E-state index in [0.29, 0.717) is 0 Å². The molecule has 1 aromatic heterocycles. The molecule has 17 heavy (non-hydrogen) atoms. The second kappa shape index (κ2) is 3.67. The molecule has 0 spiro atoms. The molecule has 1 unspecified atom stereocenters. The lowest BCUT2D eigenvalue weighted by molar-refractivity contribution is 0.148. The fourth-order valence-corrected chi connectivity index (χ4v) is 2.22. The van der Waals surface area contributed by atoms with Crippen LogP contribution in [0.5, 0.6) is 0 Å². The second-order valence-electron chi connectivity index (χ2n) is 4.72. The van der Waals surface area contributed by atoms with Crippen molar-refractivity contribution in [1.29, 1.82) is 0 Å². The van der Waals surface area contributed by atoms with Crippen LogP contribution in [-0.4, -0.2) is 26.2 Å². The second-order valence-corrected chi connectivity index (χ2v) is 4.72. The maximum atomic E-state index is 9.80. The zero-order chi connectivity index (χ0) is 11.9. The van der Waals surface area contributed by atoms with E-state index in [0.717, 1.165) is 24.2 Å². The SMILES string of the molecule is CC(O)C1(c2cn(-c3ccccc3)nn2)CC1. The third kappa shape index (κ3) is 1.65. The smallest absolute Gasteiger partial charge is 0.0919 e. The summed E-state index contributed by atoms with van der Waals surface area (Å²) in [5, 5.41) is 18.1. The Bertz CT molecular complexity index is 514. The largest absolute Gasteiger partial charge is 0.392 e. The average Bonchev–Trinajstić information content (AvgIpc) is 3.02. The number of para-hydroxylation sites is 1. The van der Waals surface area contributed by atoms with Gasteiger partial charge in [0.25, 0.3) is 0 Å². The van der Waals surface area contributed by atoms with Gasteiger partial charge in [-0.3, -0.25) is 0 Å². The Hall–Kier alpha value is -1.68. The maximum Gasteiger partial charge on any atom is 0.0919 e. The van der Waals surface area contributed by atoms with Gasteiger partial charge < -0.3 is 5.11 Å². The van der Waals surface area contributed by atoms with E-state index in [9.17, 15) is 5.11 Å². The zero-order valence-electron chi connectivity index (χ0n) is 9.74. The minimum absolute atomic E-state index is 0.146. The molecule has 1 heterocycles. The Morgan fingerprint density at radius 2 is 2.00 bits per heavy atom. The Morgan fingerprint density at radius 3 is 2.59 bits per heavy atom. The maximum absolute atomic E-state index is 9.80. The molecule has 1 aromatic carbocycles. The lowest BCUT2D eigenvalue weighted by Crippen LogP contribution is -2.22. The number of aliphatic hydroxyl groups excluding tert-OH is 1. The van der Waals surface area contributed by atoms with E-state index in [4.69, 9.17) is 0 Å². The van der Waals surface area contributed by atoms with Gasteiger partial charge >= 0.3 is 0 Å². The highest BCUT2D eigenvalue weighted by Crippen LogP contribution is 2.50. The minimum Gasteiger partial charge on any atom is -0.392 e. The van der Waals surface area contributed by atoms with Crippen molar-refractivity contribution < 1.29 is 5.11 Å². The van der Waals surface area contributed by atoms with Gasteiger partial charge in [0.05, 0.1) is 23.7 Å². The topological polar surface area (TPSA) is 50.9 Å². The number of hydrogen-bond acceptors (Lipinski definition) is 3. The fourth-order valence-electron chi connectivity index (χ4n) is 2.22. The summed E-state index contributed by atoms with van der Waals surface area (Å²) in [5.41, 5.74) is 1.75. The van der Waals surface area contributed by atoms with E-state index in [1.54, 1.807) is 4.68 Å². The Balaban J connectivity index is 1.94. The van der Waals surface area contributed by atoms with Crippen LogP contribution in [-0.2, 0) is 5.41 Å². The van der Waals surface area contributed by atoms with Crippen molar-refractivity contribution in [2.45, 2.75) is 31.3 Å². The van der Waals surface area contributed by atoms with Gasteiger partial charge in [-0.2, -0.15) is 0 Å². The number of aliphatic hydroxyl groups is 1. The van der Waals surface area contributed by atoms with Crippen LogP contribution >= 0.6 is 0 Å². The lowest BCUT2D eigenvalue weighted by atomic mass is 9.97. The highest BCUT2D eigenvalue weighted by molar-refractivity contribution is 5.32. The molecule has 1 atom stereocenters. The highest BCUT2D eigenvalue weighted by Gasteiger charge is 2.50. The van der Waals surface area contributed by atoms with Gasteiger partial charge in [-0.25, -0.2) is 4.68 Å². The Kier molecular flexibility index (Phi) is 2.26. The molecule has 4 nitrogen and oxygen atoms in total. The highest BCUT2D eigenvalue weighted by atomic mass is 16.3. The normalized spacial score (nSPS) is 18.9.